The lowest BCUT2D eigenvalue weighted by Gasteiger charge is -2.14. The van der Waals surface area contributed by atoms with Crippen LogP contribution >= 0.6 is 0 Å². The smallest absolute Gasteiger partial charge is 0.303 e. The van der Waals surface area contributed by atoms with Crippen LogP contribution < -0.4 is 10.9 Å². The molecule has 2 N–H and O–H groups in total. The maximum atomic E-state index is 13.5. The average molecular weight is 503 g/mol. The monoisotopic (exact) mass is 502 g/mol. The van der Waals surface area contributed by atoms with Crippen LogP contribution in [0.2, 0.25) is 0 Å². The van der Waals surface area contributed by atoms with Crippen LogP contribution in [0.15, 0.2) is 71.8 Å². The SMILES string of the molecule is CN/C=C\C=C(/C)n1cc(-c2ccc3c(=O)n(-c4ccc(F)cc4)c(CCCCC(=O)O)nc3c2)nn1. The van der Waals surface area contributed by atoms with E-state index in [-0.39, 0.29) is 12.0 Å². The van der Waals surface area contributed by atoms with Gasteiger partial charge in [0, 0.05) is 31.1 Å². The van der Waals surface area contributed by atoms with Crippen molar-refractivity contribution >= 4 is 22.6 Å². The van der Waals surface area contributed by atoms with E-state index in [1.807, 2.05) is 26.1 Å². The second-order valence-corrected chi connectivity index (χ2v) is 8.48. The zero-order valence-electron chi connectivity index (χ0n) is 20.6. The van der Waals surface area contributed by atoms with Crippen LogP contribution in [0.5, 0.6) is 0 Å². The van der Waals surface area contributed by atoms with Crippen LogP contribution in [0.25, 0.3) is 33.5 Å². The maximum absolute atomic E-state index is 13.5. The summed E-state index contributed by atoms with van der Waals surface area (Å²) >= 11 is 0. The molecule has 0 aliphatic heterocycles. The maximum Gasteiger partial charge on any atom is 0.303 e. The quantitative estimate of drug-likeness (QED) is 0.247. The fraction of sp³-hybridized carbons (Fsp3) is 0.222. The minimum absolute atomic E-state index is 0.0345. The fourth-order valence-corrected chi connectivity index (χ4v) is 3.90. The zero-order valence-corrected chi connectivity index (χ0v) is 20.6. The number of fused-ring (bicyclic) bond motifs is 1. The van der Waals surface area contributed by atoms with Crippen molar-refractivity contribution in [1.82, 2.24) is 29.9 Å². The summed E-state index contributed by atoms with van der Waals surface area (Å²) in [6, 6.07) is 10.9. The molecule has 2 heterocycles. The summed E-state index contributed by atoms with van der Waals surface area (Å²) in [5.74, 6) is -0.803. The molecule has 0 radical (unpaired) electrons. The Labute approximate surface area is 212 Å². The minimum Gasteiger partial charge on any atom is -0.481 e. The summed E-state index contributed by atoms with van der Waals surface area (Å²) in [7, 11) is 1.82. The molecular weight excluding hydrogens is 475 g/mol. The number of nitrogens with zero attached hydrogens (tertiary/aromatic N) is 5. The number of aliphatic carboxylic acids is 1. The number of aromatic nitrogens is 5. The molecule has 0 aliphatic carbocycles. The Morgan fingerprint density at radius 2 is 1.95 bits per heavy atom. The number of benzene rings is 2. The van der Waals surface area contributed by atoms with Gasteiger partial charge >= 0.3 is 5.97 Å². The molecule has 4 aromatic rings. The lowest BCUT2D eigenvalue weighted by atomic mass is 10.1. The number of nitrogens with one attached hydrogen (secondary N) is 1. The first-order chi connectivity index (χ1) is 17.9. The zero-order chi connectivity index (χ0) is 26.4. The van der Waals surface area contributed by atoms with Crippen LogP contribution in [0, 0.1) is 5.82 Å². The third-order valence-corrected chi connectivity index (χ3v) is 5.82. The number of carboxylic acid groups (broad SMARTS) is 1. The Morgan fingerprint density at radius 1 is 1.16 bits per heavy atom. The van der Waals surface area contributed by atoms with Gasteiger partial charge in [-0.05, 0) is 74.5 Å². The van der Waals surface area contributed by atoms with Crippen LogP contribution in [0.4, 0.5) is 4.39 Å². The van der Waals surface area contributed by atoms with Crippen LogP contribution in [-0.4, -0.2) is 42.7 Å². The van der Waals surface area contributed by atoms with Gasteiger partial charge in [0.1, 0.15) is 17.3 Å². The van der Waals surface area contributed by atoms with Gasteiger partial charge in [-0.15, -0.1) is 5.10 Å². The third kappa shape index (κ3) is 5.97. The van der Waals surface area contributed by atoms with Crippen LogP contribution in [0.3, 0.4) is 0 Å². The standard InChI is InChI=1S/C27H27FN6O3/c1-18(6-5-15-29-2)33-17-24(31-32-33)19-9-14-22-23(16-19)30-25(7-3-4-8-26(35)36)34(27(22)37)21-12-10-20(28)11-13-21/h5-6,9-17,29H,3-4,7-8H2,1-2H3,(H,35,36)/b15-5-,18-6+. The molecule has 0 atom stereocenters. The molecule has 37 heavy (non-hydrogen) atoms. The first-order valence-corrected chi connectivity index (χ1v) is 11.8. The number of carbonyl (C=O) groups is 1. The van der Waals surface area contributed by atoms with Gasteiger partial charge in [0.05, 0.1) is 22.8 Å². The molecule has 0 saturated carbocycles. The molecule has 0 amide bonds. The van der Waals surface area contributed by atoms with Crippen LogP contribution in [0.1, 0.15) is 32.0 Å². The first-order valence-electron chi connectivity index (χ1n) is 11.8. The predicted octanol–water partition coefficient (Wildman–Crippen LogP) is 4.17. The van der Waals surface area contributed by atoms with E-state index in [1.165, 1.54) is 28.8 Å². The number of aryl methyl sites for hydroxylation is 1. The number of hydrogen-bond donors (Lipinski definition) is 2. The Bertz CT molecular complexity index is 1540. The third-order valence-electron chi connectivity index (χ3n) is 5.82. The van der Waals surface area contributed by atoms with Gasteiger partial charge in [0.2, 0.25) is 0 Å². The van der Waals surface area contributed by atoms with Crippen molar-refractivity contribution < 1.29 is 14.3 Å². The van der Waals surface area contributed by atoms with Crippen molar-refractivity contribution in [3.05, 3.63) is 89.0 Å². The van der Waals surface area contributed by atoms with E-state index in [9.17, 15) is 14.0 Å². The highest BCUT2D eigenvalue weighted by atomic mass is 19.1. The molecule has 0 spiro atoms. The molecule has 9 nitrogen and oxygen atoms in total. The summed E-state index contributed by atoms with van der Waals surface area (Å²) in [5, 5.41) is 20.7. The van der Waals surface area contributed by atoms with E-state index >= 15 is 0 Å². The van der Waals surface area contributed by atoms with Gasteiger partial charge < -0.3 is 10.4 Å². The molecule has 0 fully saturated rings. The van der Waals surface area contributed by atoms with E-state index in [2.05, 4.69) is 15.6 Å². The molecule has 4 rings (SSSR count). The topological polar surface area (TPSA) is 115 Å². The molecule has 190 valence electrons. The van der Waals surface area contributed by atoms with E-state index in [1.54, 1.807) is 35.3 Å². The second-order valence-electron chi connectivity index (χ2n) is 8.48. The molecule has 0 bridgehead atoms. The van der Waals surface area contributed by atoms with Gasteiger partial charge in [0.15, 0.2) is 0 Å². The summed E-state index contributed by atoms with van der Waals surface area (Å²) < 4.78 is 16.7. The van der Waals surface area contributed by atoms with Gasteiger partial charge in [-0.2, -0.15) is 0 Å². The second kappa shape index (κ2) is 11.4. The van der Waals surface area contributed by atoms with Crippen molar-refractivity contribution in [3.8, 4) is 16.9 Å². The number of halogens is 1. The Kier molecular flexibility index (Phi) is 7.87. The van der Waals surface area contributed by atoms with Crippen molar-refractivity contribution in [2.75, 3.05) is 7.05 Å². The number of carboxylic acids is 1. The average Bonchev–Trinajstić information content (AvgIpc) is 3.38. The molecule has 0 unspecified atom stereocenters. The first kappa shape index (κ1) is 25.5. The molecule has 0 aliphatic rings. The summed E-state index contributed by atoms with van der Waals surface area (Å²) in [6.45, 7) is 1.91. The van der Waals surface area contributed by atoms with Gasteiger partial charge in [-0.3, -0.25) is 14.2 Å². The number of unbranched alkanes of at least 4 members (excludes halogenated alkanes) is 1. The van der Waals surface area contributed by atoms with Crippen molar-refractivity contribution in [1.29, 1.82) is 0 Å². The lowest BCUT2D eigenvalue weighted by Crippen LogP contribution is -2.24. The fourth-order valence-electron chi connectivity index (χ4n) is 3.90. The summed E-state index contributed by atoms with van der Waals surface area (Å²) in [5.41, 5.74) is 2.95. The predicted molar refractivity (Wildman–Crippen MR) is 140 cm³/mol. The van der Waals surface area contributed by atoms with Gasteiger partial charge in [-0.25, -0.2) is 14.1 Å². The van der Waals surface area contributed by atoms with E-state index in [4.69, 9.17) is 10.1 Å². The lowest BCUT2D eigenvalue weighted by molar-refractivity contribution is -0.137. The Hall–Kier alpha value is -4.60. The molecule has 2 aromatic carbocycles. The summed E-state index contributed by atoms with van der Waals surface area (Å²) in [4.78, 5) is 29.2. The van der Waals surface area contributed by atoms with Crippen molar-refractivity contribution in [3.63, 3.8) is 0 Å². The molecular formula is C27H27FN6O3. The van der Waals surface area contributed by atoms with E-state index in [0.717, 1.165) is 11.3 Å². The van der Waals surface area contributed by atoms with Gasteiger partial charge in [-0.1, -0.05) is 11.3 Å². The highest BCUT2D eigenvalue weighted by Gasteiger charge is 2.15. The van der Waals surface area contributed by atoms with Crippen molar-refractivity contribution in [2.24, 2.45) is 0 Å². The van der Waals surface area contributed by atoms with Crippen molar-refractivity contribution in [2.45, 2.75) is 32.6 Å². The van der Waals surface area contributed by atoms with Crippen LogP contribution in [-0.2, 0) is 11.2 Å². The van der Waals surface area contributed by atoms with Gasteiger partial charge in [0.25, 0.3) is 5.56 Å². The van der Waals surface area contributed by atoms with E-state index in [0.29, 0.717) is 47.4 Å². The Balaban J connectivity index is 1.74. The van der Waals surface area contributed by atoms with E-state index < -0.39 is 11.8 Å². The summed E-state index contributed by atoms with van der Waals surface area (Å²) in [6.07, 6.45) is 8.76. The Morgan fingerprint density at radius 3 is 2.68 bits per heavy atom. The highest BCUT2D eigenvalue weighted by Crippen LogP contribution is 2.23. The number of hydrogen-bond acceptors (Lipinski definition) is 6. The normalized spacial score (nSPS) is 11.9. The minimum atomic E-state index is -0.872. The number of allylic oxidation sites excluding steroid dienone is 3. The molecule has 2 aromatic heterocycles. The number of rotatable bonds is 10. The highest BCUT2D eigenvalue weighted by molar-refractivity contribution is 5.83. The molecule has 0 saturated heterocycles. The molecule has 10 heteroatoms. The largest absolute Gasteiger partial charge is 0.481 e.